The lowest BCUT2D eigenvalue weighted by atomic mass is 10.2. The maximum Gasteiger partial charge on any atom is 0.407 e. The number of amides is 1. The Morgan fingerprint density at radius 2 is 2.05 bits per heavy atom. The van der Waals surface area contributed by atoms with E-state index in [1.807, 2.05) is 52.8 Å². The second-order valence-corrected chi connectivity index (χ2v) is 6.27. The van der Waals surface area contributed by atoms with Gasteiger partial charge in [-0.3, -0.25) is 0 Å². The van der Waals surface area contributed by atoms with Crippen LogP contribution in [-0.4, -0.2) is 24.3 Å². The van der Waals surface area contributed by atoms with Gasteiger partial charge in [0, 0.05) is 12.6 Å². The Balaban J connectivity index is 2.48. The van der Waals surface area contributed by atoms with Gasteiger partial charge in [-0.25, -0.2) is 4.79 Å². The summed E-state index contributed by atoms with van der Waals surface area (Å²) in [6, 6.07) is 5.78. The number of carbonyl (C=O) groups is 1. The van der Waals surface area contributed by atoms with Crippen LogP contribution in [0.5, 0.6) is 0 Å². The number of aryl methyl sites for hydroxylation is 1. The second kappa shape index (κ2) is 6.84. The first-order valence-corrected chi connectivity index (χ1v) is 7.05. The summed E-state index contributed by atoms with van der Waals surface area (Å²) in [5.74, 6) is 0. The van der Waals surface area contributed by atoms with E-state index in [2.05, 4.69) is 10.6 Å². The van der Waals surface area contributed by atoms with Crippen molar-refractivity contribution in [2.24, 2.45) is 0 Å². The lowest BCUT2D eigenvalue weighted by molar-refractivity contribution is 0.0526. The number of rotatable bonds is 4. The number of hydrogen-bond donors (Lipinski definition) is 2. The molecular formula is C15H23ClN2O2. The van der Waals surface area contributed by atoms with Gasteiger partial charge >= 0.3 is 6.09 Å². The van der Waals surface area contributed by atoms with Crippen LogP contribution < -0.4 is 10.6 Å². The molecule has 1 unspecified atom stereocenters. The van der Waals surface area contributed by atoms with E-state index in [4.69, 9.17) is 16.3 Å². The quantitative estimate of drug-likeness (QED) is 0.884. The standard InChI is InChI=1S/C15H23ClN2O2/c1-10-7-6-8-12(16)13(10)18-11(2)9-17-14(19)20-15(3,4)5/h6-8,11,18H,9H2,1-5H3,(H,17,19). The molecule has 112 valence electrons. The van der Waals surface area contributed by atoms with Crippen molar-refractivity contribution in [3.8, 4) is 0 Å². The molecule has 0 heterocycles. The van der Waals surface area contributed by atoms with Crippen LogP contribution in [0.25, 0.3) is 0 Å². The Bertz CT molecular complexity index is 449. The van der Waals surface area contributed by atoms with Crippen molar-refractivity contribution < 1.29 is 9.53 Å². The third kappa shape index (κ3) is 5.70. The van der Waals surface area contributed by atoms with Gasteiger partial charge in [0.05, 0.1) is 10.7 Å². The fourth-order valence-corrected chi connectivity index (χ4v) is 1.94. The number of hydrogen-bond acceptors (Lipinski definition) is 3. The Hall–Kier alpha value is -1.42. The summed E-state index contributed by atoms with van der Waals surface area (Å²) in [7, 11) is 0. The average molecular weight is 299 g/mol. The van der Waals surface area contributed by atoms with Gasteiger partial charge in [0.25, 0.3) is 0 Å². The molecule has 0 aromatic heterocycles. The minimum absolute atomic E-state index is 0.0427. The van der Waals surface area contributed by atoms with E-state index in [0.717, 1.165) is 11.3 Å². The van der Waals surface area contributed by atoms with E-state index < -0.39 is 11.7 Å². The summed E-state index contributed by atoms with van der Waals surface area (Å²) in [5.41, 5.74) is 1.48. The average Bonchev–Trinajstić information content (AvgIpc) is 2.29. The molecule has 0 bridgehead atoms. The third-order valence-electron chi connectivity index (χ3n) is 2.56. The van der Waals surface area contributed by atoms with Gasteiger partial charge < -0.3 is 15.4 Å². The Kier molecular flexibility index (Phi) is 5.69. The molecule has 1 aromatic rings. The van der Waals surface area contributed by atoms with Gasteiger partial charge in [-0.15, -0.1) is 0 Å². The third-order valence-corrected chi connectivity index (χ3v) is 2.88. The summed E-state index contributed by atoms with van der Waals surface area (Å²) in [6.45, 7) is 9.92. The van der Waals surface area contributed by atoms with Crippen LogP contribution >= 0.6 is 11.6 Å². The monoisotopic (exact) mass is 298 g/mol. The first kappa shape index (κ1) is 16.6. The van der Waals surface area contributed by atoms with Crippen LogP contribution in [0, 0.1) is 6.92 Å². The van der Waals surface area contributed by atoms with E-state index in [-0.39, 0.29) is 6.04 Å². The van der Waals surface area contributed by atoms with Crippen LogP contribution in [0.2, 0.25) is 5.02 Å². The number of nitrogens with one attached hydrogen (secondary N) is 2. The predicted molar refractivity (Wildman–Crippen MR) is 83.5 cm³/mol. The summed E-state index contributed by atoms with van der Waals surface area (Å²) >= 11 is 6.15. The van der Waals surface area contributed by atoms with Gasteiger partial charge in [-0.05, 0) is 46.2 Å². The molecule has 2 N–H and O–H groups in total. The normalized spacial score (nSPS) is 12.7. The van der Waals surface area contributed by atoms with Crippen molar-refractivity contribution in [2.45, 2.75) is 46.3 Å². The lowest BCUT2D eigenvalue weighted by Crippen LogP contribution is -2.38. The zero-order valence-electron chi connectivity index (χ0n) is 12.7. The summed E-state index contributed by atoms with van der Waals surface area (Å²) in [5, 5.41) is 6.70. The zero-order chi connectivity index (χ0) is 15.3. The van der Waals surface area contributed by atoms with E-state index >= 15 is 0 Å². The molecule has 0 saturated carbocycles. The first-order chi connectivity index (χ1) is 9.19. The van der Waals surface area contributed by atoms with Gasteiger partial charge in [-0.1, -0.05) is 23.7 Å². The lowest BCUT2D eigenvalue weighted by Gasteiger charge is -2.22. The number of alkyl carbamates (subject to hydrolysis) is 1. The highest BCUT2D eigenvalue weighted by atomic mass is 35.5. The molecule has 20 heavy (non-hydrogen) atoms. The molecule has 1 aromatic carbocycles. The van der Waals surface area contributed by atoms with Crippen LogP contribution in [-0.2, 0) is 4.74 Å². The van der Waals surface area contributed by atoms with E-state index in [1.54, 1.807) is 0 Å². The summed E-state index contributed by atoms with van der Waals surface area (Å²) in [4.78, 5) is 11.6. The minimum Gasteiger partial charge on any atom is -0.444 e. The molecule has 0 aliphatic heterocycles. The Labute approximate surface area is 125 Å². The second-order valence-electron chi connectivity index (χ2n) is 5.86. The van der Waals surface area contributed by atoms with Gasteiger partial charge in [0.1, 0.15) is 5.60 Å². The van der Waals surface area contributed by atoms with Crippen molar-refractivity contribution in [3.63, 3.8) is 0 Å². The van der Waals surface area contributed by atoms with Gasteiger partial charge in [0.15, 0.2) is 0 Å². The highest BCUT2D eigenvalue weighted by Gasteiger charge is 2.16. The topological polar surface area (TPSA) is 50.4 Å². The van der Waals surface area contributed by atoms with E-state index in [9.17, 15) is 4.79 Å². The number of carbonyl (C=O) groups excluding carboxylic acids is 1. The molecule has 1 atom stereocenters. The van der Waals surface area contributed by atoms with E-state index in [1.165, 1.54) is 0 Å². The summed E-state index contributed by atoms with van der Waals surface area (Å²) in [6.07, 6.45) is -0.415. The predicted octanol–water partition coefficient (Wildman–Crippen LogP) is 3.97. The SMILES string of the molecule is Cc1cccc(Cl)c1NC(C)CNC(=O)OC(C)(C)C. The zero-order valence-corrected chi connectivity index (χ0v) is 13.5. The fraction of sp³-hybridized carbons (Fsp3) is 0.533. The van der Waals surface area contributed by atoms with Crippen molar-refractivity contribution in [1.82, 2.24) is 5.32 Å². The molecule has 0 radical (unpaired) electrons. The molecule has 0 aliphatic rings. The molecule has 1 rings (SSSR count). The molecule has 0 fully saturated rings. The Morgan fingerprint density at radius 3 is 2.60 bits per heavy atom. The minimum atomic E-state index is -0.486. The number of benzene rings is 1. The van der Waals surface area contributed by atoms with Crippen LogP contribution in [0.3, 0.4) is 0 Å². The molecule has 4 nitrogen and oxygen atoms in total. The van der Waals surface area contributed by atoms with Crippen LogP contribution in [0.15, 0.2) is 18.2 Å². The highest BCUT2D eigenvalue weighted by Crippen LogP contribution is 2.25. The van der Waals surface area contributed by atoms with Crippen molar-refractivity contribution in [3.05, 3.63) is 28.8 Å². The number of anilines is 1. The maximum atomic E-state index is 11.6. The van der Waals surface area contributed by atoms with Crippen molar-refractivity contribution in [1.29, 1.82) is 0 Å². The van der Waals surface area contributed by atoms with Gasteiger partial charge in [0.2, 0.25) is 0 Å². The summed E-state index contributed by atoms with van der Waals surface area (Å²) < 4.78 is 5.18. The maximum absolute atomic E-state index is 11.6. The number of ether oxygens (including phenoxy) is 1. The fourth-order valence-electron chi connectivity index (χ4n) is 1.66. The molecule has 1 amide bonds. The Morgan fingerprint density at radius 1 is 1.40 bits per heavy atom. The highest BCUT2D eigenvalue weighted by molar-refractivity contribution is 6.33. The largest absolute Gasteiger partial charge is 0.444 e. The number of halogens is 1. The van der Waals surface area contributed by atoms with Crippen LogP contribution in [0.1, 0.15) is 33.3 Å². The molecule has 0 spiro atoms. The van der Waals surface area contributed by atoms with Crippen LogP contribution in [0.4, 0.5) is 10.5 Å². The smallest absolute Gasteiger partial charge is 0.407 e. The molecule has 5 heteroatoms. The molecule has 0 aliphatic carbocycles. The molecule has 0 saturated heterocycles. The number of para-hydroxylation sites is 1. The van der Waals surface area contributed by atoms with E-state index in [0.29, 0.717) is 11.6 Å². The van der Waals surface area contributed by atoms with Crippen molar-refractivity contribution in [2.75, 3.05) is 11.9 Å². The molecular weight excluding hydrogens is 276 g/mol. The van der Waals surface area contributed by atoms with Gasteiger partial charge in [-0.2, -0.15) is 0 Å². The first-order valence-electron chi connectivity index (χ1n) is 6.67. The van der Waals surface area contributed by atoms with Crippen molar-refractivity contribution >= 4 is 23.4 Å².